The molecule has 0 unspecified atom stereocenters. The lowest BCUT2D eigenvalue weighted by molar-refractivity contribution is -0.137. The number of hydrogen-bond acceptors (Lipinski definition) is 3. The molecule has 1 aliphatic heterocycles. The van der Waals surface area contributed by atoms with Crippen LogP contribution in [-0.2, 0) is 11.0 Å². The van der Waals surface area contributed by atoms with Crippen LogP contribution in [0.15, 0.2) is 18.2 Å². The number of benzene rings is 1. The zero-order valence-corrected chi connectivity index (χ0v) is 13.0. The highest BCUT2D eigenvalue weighted by Gasteiger charge is 2.32. The van der Waals surface area contributed by atoms with E-state index in [0.29, 0.717) is 17.9 Å². The van der Waals surface area contributed by atoms with E-state index in [4.69, 9.17) is 4.74 Å². The van der Waals surface area contributed by atoms with Crippen LogP contribution in [0.1, 0.15) is 36.8 Å². The second kappa shape index (κ2) is 7.68. The van der Waals surface area contributed by atoms with Crippen LogP contribution in [0.3, 0.4) is 0 Å². The second-order valence-corrected chi connectivity index (χ2v) is 5.52. The number of likely N-dealkylation sites (N-methyl/N-ethyl adjacent to an activating group) is 1. The van der Waals surface area contributed by atoms with Crippen molar-refractivity contribution in [3.05, 3.63) is 29.3 Å². The van der Waals surface area contributed by atoms with Crippen LogP contribution in [0, 0.1) is 0 Å². The molecule has 1 amide bonds. The van der Waals surface area contributed by atoms with Gasteiger partial charge in [0.1, 0.15) is 5.75 Å². The largest absolute Gasteiger partial charge is 0.483 e. The molecule has 0 radical (unpaired) electrons. The fourth-order valence-corrected chi connectivity index (χ4v) is 2.70. The highest BCUT2D eigenvalue weighted by molar-refractivity contribution is 5.77. The summed E-state index contributed by atoms with van der Waals surface area (Å²) in [6.45, 7) is 3.59. The number of ether oxygens (including phenoxy) is 1. The van der Waals surface area contributed by atoms with Gasteiger partial charge in [-0.1, -0.05) is 0 Å². The molecule has 0 aliphatic carbocycles. The van der Waals surface area contributed by atoms with Gasteiger partial charge in [0.05, 0.1) is 5.56 Å². The summed E-state index contributed by atoms with van der Waals surface area (Å²) in [6, 6.07) is 3.47. The fraction of sp³-hybridized carbons (Fsp3) is 0.562. The molecule has 1 aliphatic rings. The van der Waals surface area contributed by atoms with Crippen molar-refractivity contribution in [2.45, 2.75) is 31.9 Å². The van der Waals surface area contributed by atoms with Gasteiger partial charge in [0.2, 0.25) is 0 Å². The number of nitrogens with one attached hydrogen (secondary N) is 2. The first kappa shape index (κ1) is 17.6. The third-order valence-corrected chi connectivity index (χ3v) is 3.85. The van der Waals surface area contributed by atoms with E-state index in [2.05, 4.69) is 10.6 Å². The molecule has 0 aromatic heterocycles. The van der Waals surface area contributed by atoms with Crippen LogP contribution < -0.4 is 15.4 Å². The number of carbonyl (C=O) groups excluding carboxylic acids is 1. The average Bonchev–Trinajstić information content (AvgIpc) is 2.53. The van der Waals surface area contributed by atoms with Crippen molar-refractivity contribution in [3.8, 4) is 5.75 Å². The first-order chi connectivity index (χ1) is 10.9. The van der Waals surface area contributed by atoms with Crippen LogP contribution in [-0.4, -0.2) is 32.1 Å². The third kappa shape index (κ3) is 4.86. The second-order valence-electron chi connectivity index (χ2n) is 5.52. The monoisotopic (exact) mass is 330 g/mol. The van der Waals surface area contributed by atoms with Crippen LogP contribution >= 0.6 is 0 Å². The van der Waals surface area contributed by atoms with Crippen LogP contribution in [0.5, 0.6) is 5.75 Å². The van der Waals surface area contributed by atoms with Crippen molar-refractivity contribution >= 4 is 5.91 Å². The van der Waals surface area contributed by atoms with E-state index >= 15 is 0 Å². The summed E-state index contributed by atoms with van der Waals surface area (Å²) in [5.41, 5.74) is -0.151. The van der Waals surface area contributed by atoms with Gasteiger partial charge >= 0.3 is 6.18 Å². The fourth-order valence-electron chi connectivity index (χ4n) is 2.70. The summed E-state index contributed by atoms with van der Waals surface area (Å²) in [7, 11) is 0. The molecule has 2 N–H and O–H groups in total. The third-order valence-electron chi connectivity index (χ3n) is 3.85. The molecule has 23 heavy (non-hydrogen) atoms. The van der Waals surface area contributed by atoms with Crippen molar-refractivity contribution in [3.63, 3.8) is 0 Å². The molecule has 0 spiro atoms. The Morgan fingerprint density at radius 1 is 1.35 bits per heavy atom. The average molecular weight is 330 g/mol. The Kier molecular flexibility index (Phi) is 5.87. The van der Waals surface area contributed by atoms with Gasteiger partial charge in [0, 0.05) is 6.54 Å². The Morgan fingerprint density at radius 3 is 2.65 bits per heavy atom. The molecule has 1 aromatic rings. The standard InChI is InChI=1S/C16H21F3N2O2/c1-2-21-15(22)10-23-14-4-3-12(16(17,18)19)9-13(14)11-5-7-20-8-6-11/h3-4,9,11,20H,2,5-8,10H2,1H3,(H,21,22). The first-order valence-corrected chi connectivity index (χ1v) is 7.73. The van der Waals surface area contributed by atoms with Gasteiger partial charge in [0.25, 0.3) is 5.91 Å². The predicted molar refractivity (Wildman–Crippen MR) is 80.5 cm³/mol. The van der Waals surface area contributed by atoms with E-state index in [-0.39, 0.29) is 18.4 Å². The Hall–Kier alpha value is -1.76. The van der Waals surface area contributed by atoms with E-state index in [9.17, 15) is 18.0 Å². The summed E-state index contributed by atoms with van der Waals surface area (Å²) < 4.78 is 44.4. The quantitative estimate of drug-likeness (QED) is 0.873. The number of alkyl halides is 3. The molecule has 1 saturated heterocycles. The lowest BCUT2D eigenvalue weighted by atomic mass is 9.88. The zero-order chi connectivity index (χ0) is 16.9. The van der Waals surface area contributed by atoms with Crippen molar-refractivity contribution in [1.82, 2.24) is 10.6 Å². The highest BCUT2D eigenvalue weighted by atomic mass is 19.4. The van der Waals surface area contributed by atoms with Crippen LogP contribution in [0.25, 0.3) is 0 Å². The van der Waals surface area contributed by atoms with Gasteiger partial charge in [-0.2, -0.15) is 13.2 Å². The SMILES string of the molecule is CCNC(=O)COc1ccc(C(F)(F)F)cc1C1CCNCC1. The molecule has 0 bridgehead atoms. The van der Waals surface area contributed by atoms with E-state index in [1.54, 1.807) is 6.92 Å². The Labute approximate surface area is 133 Å². The number of carbonyl (C=O) groups is 1. The topological polar surface area (TPSA) is 50.4 Å². The Bertz CT molecular complexity index is 541. The number of hydrogen-bond donors (Lipinski definition) is 2. The molecular formula is C16H21F3N2O2. The number of halogens is 3. The molecular weight excluding hydrogens is 309 g/mol. The predicted octanol–water partition coefficient (Wildman–Crippen LogP) is 2.69. The van der Waals surface area contributed by atoms with Gasteiger partial charge in [0.15, 0.2) is 6.61 Å². The van der Waals surface area contributed by atoms with Gasteiger partial charge in [-0.3, -0.25) is 4.79 Å². The maximum Gasteiger partial charge on any atom is 0.416 e. The van der Waals surface area contributed by atoms with Crippen molar-refractivity contribution < 1.29 is 22.7 Å². The minimum absolute atomic E-state index is 0.00258. The first-order valence-electron chi connectivity index (χ1n) is 7.73. The summed E-state index contributed by atoms with van der Waals surface area (Å²) in [6.07, 6.45) is -2.89. The molecule has 1 fully saturated rings. The van der Waals surface area contributed by atoms with Crippen molar-refractivity contribution in [1.29, 1.82) is 0 Å². The number of amides is 1. The molecule has 7 heteroatoms. The highest BCUT2D eigenvalue weighted by Crippen LogP contribution is 2.38. The van der Waals surface area contributed by atoms with E-state index in [1.165, 1.54) is 6.07 Å². The number of piperidine rings is 1. The van der Waals surface area contributed by atoms with E-state index < -0.39 is 11.7 Å². The van der Waals surface area contributed by atoms with Gasteiger partial charge in [-0.25, -0.2) is 0 Å². The van der Waals surface area contributed by atoms with Crippen molar-refractivity contribution in [2.75, 3.05) is 26.2 Å². The molecule has 2 rings (SSSR count). The van der Waals surface area contributed by atoms with Gasteiger partial charge in [-0.05, 0) is 62.5 Å². The van der Waals surface area contributed by atoms with Gasteiger partial charge < -0.3 is 15.4 Å². The number of rotatable bonds is 5. The van der Waals surface area contributed by atoms with Crippen molar-refractivity contribution in [2.24, 2.45) is 0 Å². The van der Waals surface area contributed by atoms with Crippen LogP contribution in [0.2, 0.25) is 0 Å². The maximum atomic E-state index is 13.0. The lowest BCUT2D eigenvalue weighted by Crippen LogP contribution is -2.29. The molecule has 1 aromatic carbocycles. The molecule has 0 saturated carbocycles. The Morgan fingerprint density at radius 2 is 2.04 bits per heavy atom. The summed E-state index contributed by atoms with van der Waals surface area (Å²) in [5, 5.41) is 5.79. The molecule has 4 nitrogen and oxygen atoms in total. The maximum absolute atomic E-state index is 13.0. The van der Waals surface area contributed by atoms with E-state index in [0.717, 1.165) is 38.1 Å². The normalized spacial score (nSPS) is 16.2. The molecule has 0 atom stereocenters. The molecule has 128 valence electrons. The molecule has 1 heterocycles. The summed E-state index contributed by atoms with van der Waals surface area (Å²) in [5.74, 6) is 0.0719. The minimum Gasteiger partial charge on any atom is -0.483 e. The van der Waals surface area contributed by atoms with Gasteiger partial charge in [-0.15, -0.1) is 0 Å². The Balaban J connectivity index is 2.23. The zero-order valence-electron chi connectivity index (χ0n) is 13.0. The summed E-state index contributed by atoms with van der Waals surface area (Å²) in [4.78, 5) is 11.5. The van der Waals surface area contributed by atoms with Crippen LogP contribution in [0.4, 0.5) is 13.2 Å². The van der Waals surface area contributed by atoms with E-state index in [1.807, 2.05) is 0 Å². The lowest BCUT2D eigenvalue weighted by Gasteiger charge is -2.25. The smallest absolute Gasteiger partial charge is 0.416 e. The minimum atomic E-state index is -4.39. The summed E-state index contributed by atoms with van der Waals surface area (Å²) >= 11 is 0.